The highest BCUT2D eigenvalue weighted by atomic mass is 17.1. The summed E-state index contributed by atoms with van der Waals surface area (Å²) in [7, 11) is 0. The Hall–Kier alpha value is -0.320. The average molecular weight is 268 g/mol. The molecule has 0 aliphatic carbocycles. The lowest BCUT2D eigenvalue weighted by molar-refractivity contribution is -0.539. The van der Waals surface area contributed by atoms with Crippen LogP contribution in [-0.4, -0.2) is 43.8 Å². The molecule has 0 heterocycles. The van der Waals surface area contributed by atoms with E-state index in [1.807, 2.05) is 6.92 Å². The van der Waals surface area contributed by atoms with E-state index >= 15 is 0 Å². The van der Waals surface area contributed by atoms with Gasteiger partial charge in [-0.3, -0.25) is 20.8 Å². The molecule has 8 heteroatoms. The molecule has 0 bridgehead atoms. The lowest BCUT2D eigenvalue weighted by Gasteiger charge is -2.29. The first-order chi connectivity index (χ1) is 8.23. The number of rotatable bonds is 9. The summed E-state index contributed by atoms with van der Waals surface area (Å²) in [5, 5.41) is 33.8. The van der Waals surface area contributed by atoms with Crippen molar-refractivity contribution in [2.75, 3.05) is 0 Å². The molecule has 3 unspecified atom stereocenters. The van der Waals surface area contributed by atoms with Crippen molar-refractivity contribution < 1.29 is 30.5 Å². The molecule has 4 N–H and O–H groups in total. The summed E-state index contributed by atoms with van der Waals surface area (Å²) in [6, 6.07) is 0. The molecule has 0 saturated carbocycles. The second-order valence-electron chi connectivity index (χ2n) is 4.83. The van der Waals surface area contributed by atoms with Crippen LogP contribution in [0.3, 0.4) is 0 Å². The number of hydrogen-bond acceptors (Lipinski definition) is 8. The predicted molar refractivity (Wildman–Crippen MR) is 59.5 cm³/mol. The van der Waals surface area contributed by atoms with E-state index in [-0.39, 0.29) is 5.92 Å². The van der Waals surface area contributed by atoms with Gasteiger partial charge in [-0.05, 0) is 25.2 Å². The van der Waals surface area contributed by atoms with Gasteiger partial charge >= 0.3 is 0 Å². The van der Waals surface area contributed by atoms with Gasteiger partial charge in [0.15, 0.2) is 0 Å². The van der Waals surface area contributed by atoms with E-state index in [2.05, 4.69) is 18.7 Å². The van der Waals surface area contributed by atoms with Gasteiger partial charge in [0, 0.05) is 0 Å². The van der Waals surface area contributed by atoms with E-state index in [0.29, 0.717) is 5.92 Å². The van der Waals surface area contributed by atoms with Crippen LogP contribution in [0.4, 0.5) is 0 Å². The summed E-state index contributed by atoms with van der Waals surface area (Å²) in [4.78, 5) is 9.39. The van der Waals surface area contributed by atoms with Crippen LogP contribution in [0.5, 0.6) is 0 Å². The second kappa shape index (κ2) is 8.73. The smallest absolute Gasteiger partial charge is 0.115 e. The van der Waals surface area contributed by atoms with E-state index in [4.69, 9.17) is 25.7 Å². The van der Waals surface area contributed by atoms with Gasteiger partial charge in [0.1, 0.15) is 12.2 Å². The molecule has 0 aromatic rings. The zero-order valence-corrected chi connectivity index (χ0v) is 11.2. The van der Waals surface area contributed by atoms with Crippen LogP contribution in [0.2, 0.25) is 0 Å². The molecule has 0 saturated heterocycles. The van der Waals surface area contributed by atoms with Crippen molar-refractivity contribution in [2.45, 2.75) is 52.7 Å². The fourth-order valence-electron chi connectivity index (χ4n) is 1.73. The van der Waals surface area contributed by atoms with E-state index in [0.717, 1.165) is 12.8 Å². The van der Waals surface area contributed by atoms with Gasteiger partial charge in [0.05, 0.1) is 10.8 Å². The molecule has 0 aromatic heterocycles. The van der Waals surface area contributed by atoms with Crippen LogP contribution in [-0.2, 0) is 9.68 Å². The molecule has 0 aromatic carbocycles. The van der Waals surface area contributed by atoms with Crippen LogP contribution in [0.1, 0.15) is 40.5 Å². The molecule has 0 amide bonds. The standard InChI is InChI=1S/C10H24N2O6/c1-7(2)5-6-8(3)10(18-12(15)16)9(4)17-11(13)14/h7-10,13-16H,5-6H2,1-4H3. The van der Waals surface area contributed by atoms with Crippen LogP contribution < -0.4 is 0 Å². The van der Waals surface area contributed by atoms with Gasteiger partial charge in [-0.2, -0.15) is 0 Å². The quantitative estimate of drug-likeness (QED) is 0.469. The van der Waals surface area contributed by atoms with E-state index in [1.165, 1.54) is 6.92 Å². The molecule has 3 atom stereocenters. The van der Waals surface area contributed by atoms with Crippen molar-refractivity contribution in [3.05, 3.63) is 0 Å². The van der Waals surface area contributed by atoms with Crippen molar-refractivity contribution in [3.8, 4) is 0 Å². The molecule has 0 spiro atoms. The highest BCUT2D eigenvalue weighted by Crippen LogP contribution is 2.22. The largest absolute Gasteiger partial charge is 0.266 e. The molecule has 0 aliphatic rings. The van der Waals surface area contributed by atoms with Gasteiger partial charge in [0.2, 0.25) is 0 Å². The summed E-state index contributed by atoms with van der Waals surface area (Å²) < 4.78 is 0. The zero-order valence-electron chi connectivity index (χ0n) is 11.2. The van der Waals surface area contributed by atoms with E-state index in [9.17, 15) is 0 Å². The fourth-order valence-corrected chi connectivity index (χ4v) is 1.73. The first-order valence-electron chi connectivity index (χ1n) is 5.93. The molecule has 8 nitrogen and oxygen atoms in total. The van der Waals surface area contributed by atoms with Crippen LogP contribution in [0.25, 0.3) is 0 Å². The highest BCUT2D eigenvalue weighted by Gasteiger charge is 2.29. The minimum Gasteiger partial charge on any atom is -0.266 e. The topological polar surface area (TPSA) is 106 Å². The Morgan fingerprint density at radius 2 is 1.33 bits per heavy atom. The summed E-state index contributed by atoms with van der Waals surface area (Å²) in [6.45, 7) is 7.54. The SMILES string of the molecule is CC(C)CCC(C)C(ON(O)O)C(C)ON(O)O. The summed E-state index contributed by atoms with van der Waals surface area (Å²) in [6.07, 6.45) is 0.206. The summed E-state index contributed by atoms with van der Waals surface area (Å²) >= 11 is 0. The third-order valence-electron chi connectivity index (χ3n) is 2.70. The van der Waals surface area contributed by atoms with Crippen LogP contribution >= 0.6 is 0 Å². The molecular formula is C10H24N2O6. The van der Waals surface area contributed by atoms with Crippen molar-refractivity contribution in [2.24, 2.45) is 11.8 Å². The molecular weight excluding hydrogens is 244 g/mol. The Morgan fingerprint density at radius 1 is 0.833 bits per heavy atom. The first kappa shape index (κ1) is 17.7. The number of hydrogen-bond donors (Lipinski definition) is 4. The Labute approximate surface area is 107 Å². The lowest BCUT2D eigenvalue weighted by atomic mass is 9.92. The highest BCUT2D eigenvalue weighted by molar-refractivity contribution is 4.72. The second-order valence-corrected chi connectivity index (χ2v) is 4.83. The lowest BCUT2D eigenvalue weighted by Crippen LogP contribution is -2.41. The Balaban J connectivity index is 4.44. The monoisotopic (exact) mass is 268 g/mol. The maximum absolute atomic E-state index is 8.70. The first-order valence-corrected chi connectivity index (χ1v) is 5.93. The predicted octanol–water partition coefficient (Wildman–Crippen LogP) is 1.84. The maximum atomic E-state index is 8.70. The molecule has 0 fully saturated rings. The van der Waals surface area contributed by atoms with E-state index < -0.39 is 23.0 Å². The molecule has 0 rings (SSSR count). The van der Waals surface area contributed by atoms with Crippen LogP contribution in [0.15, 0.2) is 0 Å². The average Bonchev–Trinajstić information content (AvgIpc) is 2.21. The Kier molecular flexibility index (Phi) is 8.57. The van der Waals surface area contributed by atoms with Gasteiger partial charge in [-0.25, -0.2) is 9.68 Å². The Morgan fingerprint density at radius 3 is 1.72 bits per heavy atom. The van der Waals surface area contributed by atoms with Crippen molar-refractivity contribution in [1.82, 2.24) is 10.8 Å². The molecule has 18 heavy (non-hydrogen) atoms. The molecule has 0 radical (unpaired) electrons. The zero-order chi connectivity index (χ0) is 14.3. The van der Waals surface area contributed by atoms with Gasteiger partial charge in [0.25, 0.3) is 0 Å². The van der Waals surface area contributed by atoms with Gasteiger partial charge in [-0.1, -0.05) is 27.2 Å². The van der Waals surface area contributed by atoms with Crippen molar-refractivity contribution >= 4 is 0 Å². The minimum absolute atomic E-state index is 0.0656. The third-order valence-corrected chi connectivity index (χ3v) is 2.70. The van der Waals surface area contributed by atoms with E-state index in [1.54, 1.807) is 0 Å². The summed E-state index contributed by atoms with van der Waals surface area (Å²) in [5.41, 5.74) is 0. The molecule has 110 valence electrons. The Bertz CT molecular complexity index is 215. The van der Waals surface area contributed by atoms with Crippen molar-refractivity contribution in [1.29, 1.82) is 0 Å². The van der Waals surface area contributed by atoms with Crippen LogP contribution in [0, 0.1) is 11.8 Å². The molecule has 0 aliphatic heterocycles. The van der Waals surface area contributed by atoms with Gasteiger partial charge < -0.3 is 0 Å². The number of nitrogens with zero attached hydrogens (tertiary/aromatic N) is 2. The third kappa shape index (κ3) is 7.90. The van der Waals surface area contributed by atoms with Crippen molar-refractivity contribution in [3.63, 3.8) is 0 Å². The maximum Gasteiger partial charge on any atom is 0.115 e. The fraction of sp³-hybridized carbons (Fsp3) is 1.00. The summed E-state index contributed by atoms with van der Waals surface area (Å²) in [5.74, 6) is 0.444. The van der Waals surface area contributed by atoms with Gasteiger partial charge in [-0.15, -0.1) is 0 Å². The normalized spacial score (nSPS) is 17.5. The minimum atomic E-state index is -0.774.